The number of aryl methyl sites for hydroxylation is 1. The molecule has 1 amide bonds. The van der Waals surface area contributed by atoms with Gasteiger partial charge in [-0.1, -0.05) is 42.3 Å². The predicted molar refractivity (Wildman–Crippen MR) is 119 cm³/mol. The van der Waals surface area contributed by atoms with Gasteiger partial charge < -0.3 is 5.32 Å². The van der Waals surface area contributed by atoms with Gasteiger partial charge in [-0.25, -0.2) is 8.42 Å². The zero-order valence-corrected chi connectivity index (χ0v) is 18.4. The molecule has 1 heterocycles. The SMILES string of the molecule is Cc1cccc(CSCCNC(=O)c2cccc(S(=O)(=O)N3CCCCC3)c2)c1. The Hall–Kier alpha value is -1.83. The van der Waals surface area contributed by atoms with Crippen LogP contribution in [0.15, 0.2) is 53.4 Å². The van der Waals surface area contributed by atoms with Crippen LogP contribution in [-0.2, 0) is 15.8 Å². The molecule has 1 aliphatic rings. The van der Waals surface area contributed by atoms with E-state index in [0.717, 1.165) is 30.8 Å². The van der Waals surface area contributed by atoms with E-state index in [1.165, 1.54) is 21.5 Å². The zero-order valence-electron chi connectivity index (χ0n) is 16.8. The molecule has 0 spiro atoms. The number of carbonyl (C=O) groups excluding carboxylic acids is 1. The molecule has 1 saturated heterocycles. The van der Waals surface area contributed by atoms with E-state index in [9.17, 15) is 13.2 Å². The smallest absolute Gasteiger partial charge is 0.251 e. The van der Waals surface area contributed by atoms with Crippen molar-refractivity contribution >= 4 is 27.7 Å². The summed E-state index contributed by atoms with van der Waals surface area (Å²) in [4.78, 5) is 12.6. The topological polar surface area (TPSA) is 66.5 Å². The third-order valence-corrected chi connectivity index (χ3v) is 7.86. The van der Waals surface area contributed by atoms with Gasteiger partial charge in [-0.05, 0) is 43.5 Å². The highest BCUT2D eigenvalue weighted by Gasteiger charge is 2.26. The van der Waals surface area contributed by atoms with E-state index < -0.39 is 10.0 Å². The molecule has 0 atom stereocenters. The number of nitrogens with zero attached hydrogens (tertiary/aromatic N) is 1. The second kappa shape index (κ2) is 10.3. The van der Waals surface area contributed by atoms with Gasteiger partial charge in [0, 0.05) is 36.7 Å². The van der Waals surface area contributed by atoms with Crippen molar-refractivity contribution in [1.82, 2.24) is 9.62 Å². The second-order valence-corrected chi connectivity index (χ2v) is 10.3. The van der Waals surface area contributed by atoms with E-state index in [1.54, 1.807) is 30.0 Å². The van der Waals surface area contributed by atoms with Crippen LogP contribution in [0.1, 0.15) is 40.7 Å². The van der Waals surface area contributed by atoms with Crippen molar-refractivity contribution in [2.75, 3.05) is 25.4 Å². The minimum absolute atomic E-state index is 0.195. The van der Waals surface area contributed by atoms with Gasteiger partial charge in [0.05, 0.1) is 4.90 Å². The Labute approximate surface area is 177 Å². The number of rotatable bonds is 8. The fourth-order valence-electron chi connectivity index (χ4n) is 3.38. The van der Waals surface area contributed by atoms with Crippen LogP contribution in [0, 0.1) is 6.92 Å². The summed E-state index contributed by atoms with van der Waals surface area (Å²) >= 11 is 1.76. The normalized spacial score (nSPS) is 15.2. The number of carbonyl (C=O) groups is 1. The average Bonchev–Trinajstić information content (AvgIpc) is 2.74. The zero-order chi connectivity index (χ0) is 20.7. The first-order chi connectivity index (χ1) is 14.0. The van der Waals surface area contributed by atoms with Crippen molar-refractivity contribution < 1.29 is 13.2 Å². The first-order valence-electron chi connectivity index (χ1n) is 9.98. The van der Waals surface area contributed by atoms with E-state index in [0.29, 0.717) is 25.2 Å². The van der Waals surface area contributed by atoms with E-state index in [-0.39, 0.29) is 10.8 Å². The molecule has 0 unspecified atom stereocenters. The van der Waals surface area contributed by atoms with Crippen molar-refractivity contribution in [2.24, 2.45) is 0 Å². The Morgan fingerprint density at radius 2 is 1.83 bits per heavy atom. The quantitative estimate of drug-likeness (QED) is 0.644. The van der Waals surface area contributed by atoms with E-state index in [2.05, 4.69) is 36.5 Å². The molecule has 29 heavy (non-hydrogen) atoms. The minimum Gasteiger partial charge on any atom is -0.351 e. The van der Waals surface area contributed by atoms with Crippen molar-refractivity contribution in [3.63, 3.8) is 0 Å². The maximum absolute atomic E-state index is 12.8. The standard InChI is InChI=1S/C22H28N2O3S2/c1-18-7-5-8-19(15-18)17-28-14-11-23-22(25)20-9-6-10-21(16-20)29(26,27)24-12-3-2-4-13-24/h5-10,15-16H,2-4,11-14,17H2,1H3,(H,23,25). The summed E-state index contributed by atoms with van der Waals surface area (Å²) in [5, 5.41) is 2.89. The third kappa shape index (κ3) is 6.07. The Balaban J connectivity index is 1.51. The van der Waals surface area contributed by atoms with Crippen LogP contribution in [-0.4, -0.2) is 44.0 Å². The van der Waals surface area contributed by atoms with Gasteiger partial charge >= 0.3 is 0 Å². The molecule has 2 aromatic rings. The van der Waals surface area contributed by atoms with Gasteiger partial charge in [-0.3, -0.25) is 4.79 Å². The summed E-state index contributed by atoms with van der Waals surface area (Å²) in [5.41, 5.74) is 2.90. The summed E-state index contributed by atoms with van der Waals surface area (Å²) in [6.07, 6.45) is 2.84. The lowest BCUT2D eigenvalue weighted by atomic mass is 10.2. The number of sulfonamides is 1. The molecular weight excluding hydrogens is 404 g/mol. The number of benzene rings is 2. The van der Waals surface area contributed by atoms with Crippen LogP contribution in [0.5, 0.6) is 0 Å². The van der Waals surface area contributed by atoms with Gasteiger partial charge in [-0.2, -0.15) is 16.1 Å². The Bertz CT molecular complexity index is 939. The lowest BCUT2D eigenvalue weighted by molar-refractivity contribution is 0.0956. The summed E-state index contributed by atoms with van der Waals surface area (Å²) in [7, 11) is -3.53. The molecule has 0 saturated carbocycles. The fourth-order valence-corrected chi connectivity index (χ4v) is 5.75. The summed E-state index contributed by atoms with van der Waals surface area (Å²) in [6, 6.07) is 14.7. The molecular formula is C22H28N2O3S2. The number of amides is 1. The highest BCUT2D eigenvalue weighted by atomic mass is 32.2. The molecule has 1 N–H and O–H groups in total. The van der Waals surface area contributed by atoms with Crippen LogP contribution < -0.4 is 5.32 Å². The van der Waals surface area contributed by atoms with Crippen molar-refractivity contribution in [1.29, 1.82) is 0 Å². The van der Waals surface area contributed by atoms with Crippen LogP contribution in [0.2, 0.25) is 0 Å². The second-order valence-electron chi connectivity index (χ2n) is 7.29. The summed E-state index contributed by atoms with van der Waals surface area (Å²) in [6.45, 7) is 3.72. The molecule has 1 aliphatic heterocycles. The first-order valence-corrected chi connectivity index (χ1v) is 12.6. The van der Waals surface area contributed by atoms with E-state index >= 15 is 0 Å². The lowest BCUT2D eigenvalue weighted by Crippen LogP contribution is -2.35. The van der Waals surface area contributed by atoms with Gasteiger partial charge in [0.15, 0.2) is 0 Å². The monoisotopic (exact) mass is 432 g/mol. The van der Waals surface area contributed by atoms with Crippen LogP contribution in [0.4, 0.5) is 0 Å². The van der Waals surface area contributed by atoms with Crippen LogP contribution in [0.3, 0.4) is 0 Å². The first kappa shape index (κ1) is 21.9. The van der Waals surface area contributed by atoms with E-state index in [1.807, 2.05) is 0 Å². The van der Waals surface area contributed by atoms with Crippen molar-refractivity contribution in [2.45, 2.75) is 36.8 Å². The maximum atomic E-state index is 12.8. The highest BCUT2D eigenvalue weighted by Crippen LogP contribution is 2.21. The Morgan fingerprint density at radius 3 is 2.59 bits per heavy atom. The van der Waals surface area contributed by atoms with Crippen molar-refractivity contribution in [3.8, 4) is 0 Å². The lowest BCUT2D eigenvalue weighted by Gasteiger charge is -2.26. The highest BCUT2D eigenvalue weighted by molar-refractivity contribution is 7.98. The molecule has 1 fully saturated rings. The summed E-state index contributed by atoms with van der Waals surface area (Å²) in [5.74, 6) is 1.46. The van der Waals surface area contributed by atoms with E-state index in [4.69, 9.17) is 0 Å². The van der Waals surface area contributed by atoms with Gasteiger partial charge in [-0.15, -0.1) is 0 Å². The number of hydrogen-bond acceptors (Lipinski definition) is 4. The molecule has 0 aromatic heterocycles. The van der Waals surface area contributed by atoms with Gasteiger partial charge in [0.1, 0.15) is 0 Å². The summed E-state index contributed by atoms with van der Waals surface area (Å²) < 4.78 is 27.1. The number of hydrogen-bond donors (Lipinski definition) is 1. The molecule has 7 heteroatoms. The van der Waals surface area contributed by atoms with Crippen molar-refractivity contribution in [3.05, 3.63) is 65.2 Å². The number of nitrogens with one attached hydrogen (secondary N) is 1. The molecule has 0 bridgehead atoms. The molecule has 156 valence electrons. The van der Waals surface area contributed by atoms with Gasteiger partial charge in [0.2, 0.25) is 10.0 Å². The molecule has 0 aliphatic carbocycles. The average molecular weight is 433 g/mol. The number of piperidine rings is 1. The largest absolute Gasteiger partial charge is 0.351 e. The predicted octanol–water partition coefficient (Wildman–Crippen LogP) is 3.83. The Morgan fingerprint density at radius 1 is 1.07 bits per heavy atom. The molecule has 0 radical (unpaired) electrons. The third-order valence-electron chi connectivity index (χ3n) is 4.93. The molecule has 3 rings (SSSR count). The molecule has 2 aromatic carbocycles. The van der Waals surface area contributed by atoms with Crippen LogP contribution in [0.25, 0.3) is 0 Å². The fraction of sp³-hybridized carbons (Fsp3) is 0.409. The Kier molecular flexibility index (Phi) is 7.75. The van der Waals surface area contributed by atoms with Gasteiger partial charge in [0.25, 0.3) is 5.91 Å². The maximum Gasteiger partial charge on any atom is 0.251 e. The minimum atomic E-state index is -3.53. The van der Waals surface area contributed by atoms with Crippen LogP contribution >= 0.6 is 11.8 Å². The number of thioether (sulfide) groups is 1. The molecule has 5 nitrogen and oxygen atoms in total.